The molecule has 170 valence electrons. The van der Waals surface area contributed by atoms with E-state index in [1.54, 1.807) is 6.92 Å². The Balaban J connectivity index is 1.82. The molecule has 0 radical (unpaired) electrons. The van der Waals surface area contributed by atoms with Crippen LogP contribution in [0, 0.1) is 12.7 Å². The summed E-state index contributed by atoms with van der Waals surface area (Å²) in [5.41, 5.74) is 1.01. The van der Waals surface area contributed by atoms with Crippen LogP contribution in [-0.4, -0.2) is 47.4 Å². The van der Waals surface area contributed by atoms with Crippen LogP contribution in [0.25, 0.3) is 11.4 Å². The second-order valence-electron chi connectivity index (χ2n) is 6.81. The molecular formula is C19H20F2N6O4S. The van der Waals surface area contributed by atoms with Gasteiger partial charge in [0.1, 0.15) is 12.5 Å². The molecule has 2 heterocycles. The summed E-state index contributed by atoms with van der Waals surface area (Å²) in [7, 11) is -1.99. The number of sulfonamides is 1. The molecule has 3 rings (SSSR count). The first kappa shape index (κ1) is 23.1. The minimum absolute atomic E-state index is 0.0943. The van der Waals surface area contributed by atoms with Crippen LogP contribution in [0.15, 0.2) is 36.4 Å². The van der Waals surface area contributed by atoms with Gasteiger partial charge in [0.2, 0.25) is 10.0 Å². The summed E-state index contributed by atoms with van der Waals surface area (Å²) in [6.07, 6.45) is -1.47. The number of carbonyl (C=O) groups excluding carboxylic acids is 1. The van der Waals surface area contributed by atoms with Gasteiger partial charge in [0.05, 0.1) is 23.3 Å². The van der Waals surface area contributed by atoms with Gasteiger partial charge in [-0.1, -0.05) is 23.4 Å². The van der Waals surface area contributed by atoms with Crippen molar-refractivity contribution in [3.63, 3.8) is 0 Å². The van der Waals surface area contributed by atoms with Crippen molar-refractivity contribution >= 4 is 27.6 Å². The van der Waals surface area contributed by atoms with E-state index in [0.717, 1.165) is 12.3 Å². The van der Waals surface area contributed by atoms with Crippen molar-refractivity contribution in [3.8, 4) is 11.4 Å². The van der Waals surface area contributed by atoms with Crippen molar-refractivity contribution in [2.24, 2.45) is 7.05 Å². The third-order valence-electron chi connectivity index (χ3n) is 4.31. The average Bonchev–Trinajstić information content (AvgIpc) is 3.07. The number of carbonyl (C=O) groups is 1. The van der Waals surface area contributed by atoms with Crippen LogP contribution in [0.5, 0.6) is 0 Å². The van der Waals surface area contributed by atoms with Crippen LogP contribution < -0.4 is 10.0 Å². The predicted molar refractivity (Wildman–Crippen MR) is 113 cm³/mol. The molecule has 0 saturated heterocycles. The Morgan fingerprint density at radius 3 is 2.59 bits per heavy atom. The first-order valence-electron chi connectivity index (χ1n) is 9.22. The molecule has 0 aliphatic carbocycles. The number of hydrogen-bond acceptors (Lipinski definition) is 7. The first-order chi connectivity index (χ1) is 15.1. The smallest absolute Gasteiger partial charge is 0.413 e. The van der Waals surface area contributed by atoms with Gasteiger partial charge >= 0.3 is 6.09 Å². The molecule has 0 fully saturated rings. The monoisotopic (exact) mass is 466 g/mol. The van der Waals surface area contributed by atoms with E-state index in [-0.39, 0.29) is 22.8 Å². The summed E-state index contributed by atoms with van der Waals surface area (Å²) >= 11 is 0. The molecule has 0 unspecified atom stereocenters. The molecule has 0 saturated carbocycles. The molecule has 1 atom stereocenters. The number of aryl methyl sites for hydroxylation is 2. The highest BCUT2D eigenvalue weighted by Gasteiger charge is 2.23. The number of ether oxygens (including phenoxy) is 1. The van der Waals surface area contributed by atoms with Gasteiger partial charge in [-0.15, -0.1) is 5.10 Å². The number of benzene rings is 1. The number of pyridine rings is 1. The Morgan fingerprint density at radius 2 is 1.97 bits per heavy atom. The molecule has 2 N–H and O–H groups in total. The van der Waals surface area contributed by atoms with Gasteiger partial charge in [-0.3, -0.25) is 10.0 Å². The fraction of sp³-hybridized carbons (Fsp3) is 0.263. The molecule has 10 nitrogen and oxygen atoms in total. The maximum absolute atomic E-state index is 13.9. The number of alkyl halides is 1. The van der Waals surface area contributed by atoms with Crippen LogP contribution in [0.1, 0.15) is 17.4 Å². The minimum atomic E-state index is -3.49. The number of amides is 1. The predicted octanol–water partition coefficient (Wildman–Crippen LogP) is 2.96. The lowest BCUT2D eigenvalue weighted by atomic mass is 10.1. The number of anilines is 2. The summed E-state index contributed by atoms with van der Waals surface area (Å²) in [6.45, 7) is 0.468. The topological polar surface area (TPSA) is 128 Å². The van der Waals surface area contributed by atoms with Crippen LogP contribution in [-0.2, 0) is 21.8 Å². The van der Waals surface area contributed by atoms with Crippen LogP contribution in [0.2, 0.25) is 0 Å². The van der Waals surface area contributed by atoms with E-state index in [2.05, 4.69) is 25.3 Å². The number of nitrogens with zero attached hydrogens (tertiary/aromatic N) is 4. The molecule has 0 aliphatic heterocycles. The molecule has 0 spiro atoms. The number of aromatic nitrogens is 4. The largest absolute Gasteiger partial charge is 0.438 e. The zero-order valence-electron chi connectivity index (χ0n) is 17.3. The maximum atomic E-state index is 13.9. The van der Waals surface area contributed by atoms with Gasteiger partial charge in [0.15, 0.2) is 17.6 Å². The molecule has 1 aromatic carbocycles. The SMILES string of the molecule is Cc1nc(-c2nnn(C)c2NC(=O)O[C@H](CF)c2ccccc2F)ccc1NS(C)(=O)=O. The summed E-state index contributed by atoms with van der Waals surface area (Å²) in [5, 5.41) is 10.2. The molecule has 0 aliphatic rings. The summed E-state index contributed by atoms with van der Waals surface area (Å²) in [4.78, 5) is 16.7. The van der Waals surface area contributed by atoms with Crippen molar-refractivity contribution in [1.29, 1.82) is 0 Å². The Hall–Kier alpha value is -3.61. The summed E-state index contributed by atoms with van der Waals surface area (Å²) in [6, 6.07) is 8.38. The second-order valence-corrected chi connectivity index (χ2v) is 8.56. The van der Waals surface area contributed by atoms with E-state index in [4.69, 9.17) is 4.74 Å². The molecule has 32 heavy (non-hydrogen) atoms. The lowest BCUT2D eigenvalue weighted by Crippen LogP contribution is -2.21. The van der Waals surface area contributed by atoms with E-state index < -0.39 is 34.7 Å². The van der Waals surface area contributed by atoms with E-state index in [1.807, 2.05) is 0 Å². The number of hydrogen-bond donors (Lipinski definition) is 2. The van der Waals surface area contributed by atoms with Gasteiger partial charge < -0.3 is 4.74 Å². The minimum Gasteiger partial charge on any atom is -0.438 e. The summed E-state index contributed by atoms with van der Waals surface area (Å²) in [5.74, 6) is -0.606. The van der Waals surface area contributed by atoms with Gasteiger partial charge in [0.25, 0.3) is 0 Å². The number of nitrogens with one attached hydrogen (secondary N) is 2. The normalized spacial score (nSPS) is 12.3. The molecule has 3 aromatic rings. The standard InChI is InChI=1S/C19H20F2N6O4S/c1-11-14(25-32(3,29)30)8-9-15(22-11)17-18(27(2)26-24-17)23-19(28)31-16(10-20)12-6-4-5-7-13(12)21/h4-9,16,25H,10H2,1-3H3,(H,23,28)/t16-/m1/s1. The van der Waals surface area contributed by atoms with Crippen LogP contribution >= 0.6 is 0 Å². The zero-order valence-corrected chi connectivity index (χ0v) is 18.2. The molecule has 13 heteroatoms. The number of halogens is 2. The van der Waals surface area contributed by atoms with Gasteiger partial charge in [0, 0.05) is 12.6 Å². The van der Waals surface area contributed by atoms with Crippen molar-refractivity contribution < 1.29 is 26.7 Å². The van der Waals surface area contributed by atoms with Crippen LogP contribution in [0.4, 0.5) is 25.1 Å². The van der Waals surface area contributed by atoms with Crippen molar-refractivity contribution in [3.05, 3.63) is 53.5 Å². The first-order valence-corrected chi connectivity index (χ1v) is 11.1. The molecule has 2 aromatic heterocycles. The quantitative estimate of drug-likeness (QED) is 0.548. The molecule has 0 bridgehead atoms. The third kappa shape index (κ3) is 5.35. The Kier molecular flexibility index (Phi) is 6.67. The van der Waals surface area contributed by atoms with E-state index in [9.17, 15) is 22.0 Å². The second kappa shape index (κ2) is 9.26. The lowest BCUT2D eigenvalue weighted by Gasteiger charge is -2.16. The van der Waals surface area contributed by atoms with Crippen molar-refractivity contribution in [1.82, 2.24) is 20.0 Å². The zero-order chi connectivity index (χ0) is 23.5. The van der Waals surface area contributed by atoms with E-state index >= 15 is 0 Å². The van der Waals surface area contributed by atoms with Gasteiger partial charge in [-0.25, -0.2) is 31.7 Å². The average molecular weight is 466 g/mol. The Morgan fingerprint density at radius 1 is 1.25 bits per heavy atom. The van der Waals surface area contributed by atoms with Crippen molar-refractivity contribution in [2.75, 3.05) is 23.0 Å². The van der Waals surface area contributed by atoms with E-state index in [0.29, 0.717) is 11.4 Å². The highest BCUT2D eigenvalue weighted by atomic mass is 32.2. The van der Waals surface area contributed by atoms with Gasteiger partial charge in [-0.05, 0) is 25.1 Å². The van der Waals surface area contributed by atoms with Gasteiger partial charge in [-0.2, -0.15) is 0 Å². The number of rotatable bonds is 7. The Labute approximate surface area is 182 Å². The summed E-state index contributed by atoms with van der Waals surface area (Å²) < 4.78 is 58.9. The molecular weight excluding hydrogens is 446 g/mol. The van der Waals surface area contributed by atoms with Crippen LogP contribution in [0.3, 0.4) is 0 Å². The third-order valence-corrected chi connectivity index (χ3v) is 4.90. The maximum Gasteiger partial charge on any atom is 0.413 e. The fourth-order valence-corrected chi connectivity index (χ4v) is 3.46. The highest BCUT2D eigenvalue weighted by molar-refractivity contribution is 7.92. The highest BCUT2D eigenvalue weighted by Crippen LogP contribution is 2.27. The van der Waals surface area contributed by atoms with E-state index in [1.165, 1.54) is 42.1 Å². The lowest BCUT2D eigenvalue weighted by molar-refractivity contribution is 0.0906. The fourth-order valence-electron chi connectivity index (χ4n) is 2.84. The molecule has 1 amide bonds. The van der Waals surface area contributed by atoms with Crippen molar-refractivity contribution in [2.45, 2.75) is 13.0 Å². The Bertz CT molecular complexity index is 1250.